The van der Waals surface area contributed by atoms with Crippen molar-refractivity contribution in [1.29, 1.82) is 0 Å². The number of ether oxygens (including phenoxy) is 1. The molecule has 6 heteroatoms. The number of hydrazine groups is 1. The van der Waals surface area contributed by atoms with Crippen LogP contribution in [0, 0.1) is 11.8 Å². The Hall–Kier alpha value is -1.59. The fraction of sp³-hybridized carbons (Fsp3) is 0.727. The molecule has 0 aromatic carbocycles. The SMILES string of the molecule is COC(=O)C1CC(=O)NN(C(=O)CC(C)C)C1. The van der Waals surface area contributed by atoms with Crippen molar-refractivity contribution in [2.75, 3.05) is 13.7 Å². The Morgan fingerprint density at radius 2 is 2.18 bits per heavy atom. The first-order valence-electron chi connectivity index (χ1n) is 5.61. The van der Waals surface area contributed by atoms with Crippen LogP contribution in [0.5, 0.6) is 0 Å². The van der Waals surface area contributed by atoms with E-state index in [0.717, 1.165) is 0 Å². The molecule has 0 aliphatic carbocycles. The third kappa shape index (κ3) is 3.72. The molecular weight excluding hydrogens is 224 g/mol. The van der Waals surface area contributed by atoms with Crippen LogP contribution in [0.1, 0.15) is 26.7 Å². The number of nitrogens with zero attached hydrogens (tertiary/aromatic N) is 1. The molecule has 17 heavy (non-hydrogen) atoms. The Kier molecular flexibility index (Phi) is 4.48. The monoisotopic (exact) mass is 242 g/mol. The van der Waals surface area contributed by atoms with Gasteiger partial charge in [-0.3, -0.25) is 24.8 Å². The summed E-state index contributed by atoms with van der Waals surface area (Å²) in [6.07, 6.45) is 0.409. The van der Waals surface area contributed by atoms with Gasteiger partial charge in [0.15, 0.2) is 0 Å². The molecule has 0 radical (unpaired) electrons. The molecule has 1 rings (SSSR count). The van der Waals surface area contributed by atoms with Gasteiger partial charge in [-0.05, 0) is 5.92 Å². The van der Waals surface area contributed by atoms with E-state index in [-0.39, 0.29) is 30.7 Å². The highest BCUT2D eigenvalue weighted by Gasteiger charge is 2.33. The van der Waals surface area contributed by atoms with E-state index in [2.05, 4.69) is 10.2 Å². The number of nitrogens with one attached hydrogen (secondary N) is 1. The lowest BCUT2D eigenvalue weighted by Gasteiger charge is -2.31. The Labute approximate surface area is 100 Å². The van der Waals surface area contributed by atoms with E-state index < -0.39 is 11.9 Å². The first kappa shape index (κ1) is 13.5. The molecule has 1 aliphatic rings. The minimum atomic E-state index is -0.565. The quantitative estimate of drug-likeness (QED) is 0.711. The molecule has 1 N–H and O–H groups in total. The second kappa shape index (κ2) is 5.65. The van der Waals surface area contributed by atoms with E-state index in [1.165, 1.54) is 12.1 Å². The van der Waals surface area contributed by atoms with Crippen molar-refractivity contribution >= 4 is 17.8 Å². The second-order valence-corrected chi connectivity index (χ2v) is 4.56. The Balaban J connectivity index is 2.65. The van der Waals surface area contributed by atoms with Crippen LogP contribution < -0.4 is 5.43 Å². The highest BCUT2D eigenvalue weighted by atomic mass is 16.5. The number of rotatable bonds is 3. The molecule has 1 unspecified atom stereocenters. The van der Waals surface area contributed by atoms with E-state index in [0.29, 0.717) is 6.42 Å². The maximum Gasteiger partial charge on any atom is 0.311 e. The van der Waals surface area contributed by atoms with Crippen molar-refractivity contribution < 1.29 is 19.1 Å². The van der Waals surface area contributed by atoms with E-state index >= 15 is 0 Å². The summed E-state index contributed by atoms with van der Waals surface area (Å²) >= 11 is 0. The molecule has 1 saturated heterocycles. The van der Waals surface area contributed by atoms with Crippen LogP contribution in [0.25, 0.3) is 0 Å². The van der Waals surface area contributed by atoms with E-state index in [4.69, 9.17) is 0 Å². The van der Waals surface area contributed by atoms with Gasteiger partial charge >= 0.3 is 5.97 Å². The van der Waals surface area contributed by atoms with Gasteiger partial charge in [0.1, 0.15) is 0 Å². The molecule has 96 valence electrons. The van der Waals surface area contributed by atoms with Gasteiger partial charge in [0.2, 0.25) is 11.8 Å². The summed E-state index contributed by atoms with van der Waals surface area (Å²) in [5.41, 5.74) is 2.47. The predicted molar refractivity (Wildman–Crippen MR) is 59.4 cm³/mol. The Morgan fingerprint density at radius 1 is 1.53 bits per heavy atom. The normalized spacial score (nSPS) is 20.1. The van der Waals surface area contributed by atoms with Crippen LogP contribution >= 0.6 is 0 Å². The third-order valence-electron chi connectivity index (χ3n) is 2.51. The number of methoxy groups -OCH3 is 1. The highest BCUT2D eigenvalue weighted by molar-refractivity contribution is 5.88. The number of carbonyl (C=O) groups excluding carboxylic acids is 3. The Bertz CT molecular complexity index is 327. The lowest BCUT2D eigenvalue weighted by Crippen LogP contribution is -2.54. The molecule has 0 bridgehead atoms. The van der Waals surface area contributed by atoms with E-state index in [1.54, 1.807) is 0 Å². The average Bonchev–Trinajstić information content (AvgIpc) is 2.26. The molecule has 2 amide bonds. The van der Waals surface area contributed by atoms with Gasteiger partial charge in [0, 0.05) is 12.8 Å². The molecule has 1 aliphatic heterocycles. The number of hydrogen-bond donors (Lipinski definition) is 1. The number of esters is 1. The molecule has 0 spiro atoms. The van der Waals surface area contributed by atoms with Gasteiger partial charge < -0.3 is 4.74 Å². The van der Waals surface area contributed by atoms with E-state index in [9.17, 15) is 14.4 Å². The molecule has 1 heterocycles. The lowest BCUT2D eigenvalue weighted by molar-refractivity contribution is -0.157. The molecule has 0 aromatic rings. The van der Waals surface area contributed by atoms with Crippen LogP contribution in [0.4, 0.5) is 0 Å². The molecule has 0 aromatic heterocycles. The molecule has 1 fully saturated rings. The van der Waals surface area contributed by atoms with Crippen molar-refractivity contribution in [2.24, 2.45) is 11.8 Å². The molecular formula is C11H18N2O4. The van der Waals surface area contributed by atoms with Crippen LogP contribution in [-0.2, 0) is 19.1 Å². The minimum absolute atomic E-state index is 0.0676. The molecule has 0 saturated carbocycles. The summed E-state index contributed by atoms with van der Waals surface area (Å²) < 4.78 is 4.59. The molecule has 1 atom stereocenters. The van der Waals surface area contributed by atoms with Gasteiger partial charge in [0.25, 0.3) is 0 Å². The summed E-state index contributed by atoms with van der Waals surface area (Å²) in [6.45, 7) is 4.02. The number of hydrogen-bond acceptors (Lipinski definition) is 4. The van der Waals surface area contributed by atoms with Gasteiger partial charge in [-0.25, -0.2) is 0 Å². The van der Waals surface area contributed by atoms with Crippen LogP contribution in [0.2, 0.25) is 0 Å². The average molecular weight is 242 g/mol. The van der Waals surface area contributed by atoms with Gasteiger partial charge in [-0.2, -0.15) is 0 Å². The highest BCUT2D eigenvalue weighted by Crippen LogP contribution is 2.14. The summed E-state index contributed by atoms with van der Waals surface area (Å²) in [5, 5.41) is 1.22. The Morgan fingerprint density at radius 3 is 2.71 bits per heavy atom. The zero-order valence-electron chi connectivity index (χ0n) is 10.4. The summed E-state index contributed by atoms with van der Waals surface area (Å²) in [7, 11) is 1.27. The van der Waals surface area contributed by atoms with Crippen molar-refractivity contribution in [2.45, 2.75) is 26.7 Å². The zero-order chi connectivity index (χ0) is 13.0. The topological polar surface area (TPSA) is 75.7 Å². The number of carbonyl (C=O) groups is 3. The first-order chi connectivity index (χ1) is 7.93. The maximum absolute atomic E-state index is 11.8. The minimum Gasteiger partial charge on any atom is -0.469 e. The maximum atomic E-state index is 11.8. The van der Waals surface area contributed by atoms with Crippen LogP contribution in [0.15, 0.2) is 0 Å². The van der Waals surface area contributed by atoms with E-state index in [1.807, 2.05) is 13.8 Å². The number of amides is 2. The van der Waals surface area contributed by atoms with Crippen molar-refractivity contribution in [3.05, 3.63) is 0 Å². The predicted octanol–water partition coefficient (Wildman–Crippen LogP) is 0.0852. The van der Waals surface area contributed by atoms with Crippen LogP contribution in [-0.4, -0.2) is 36.4 Å². The summed E-state index contributed by atoms with van der Waals surface area (Å²) in [6, 6.07) is 0. The summed E-state index contributed by atoms with van der Waals surface area (Å²) in [4.78, 5) is 34.5. The fourth-order valence-corrected chi connectivity index (χ4v) is 1.70. The first-order valence-corrected chi connectivity index (χ1v) is 5.61. The van der Waals surface area contributed by atoms with Gasteiger partial charge in [-0.1, -0.05) is 13.8 Å². The summed E-state index contributed by atoms with van der Waals surface area (Å²) in [5.74, 6) is -1.32. The third-order valence-corrected chi connectivity index (χ3v) is 2.51. The lowest BCUT2D eigenvalue weighted by atomic mass is 10.0. The van der Waals surface area contributed by atoms with Crippen molar-refractivity contribution in [3.8, 4) is 0 Å². The van der Waals surface area contributed by atoms with Crippen molar-refractivity contribution in [1.82, 2.24) is 10.4 Å². The second-order valence-electron chi connectivity index (χ2n) is 4.56. The van der Waals surface area contributed by atoms with Gasteiger partial charge in [0.05, 0.1) is 19.6 Å². The standard InChI is InChI=1S/C11H18N2O4/c1-7(2)4-10(15)13-6-8(11(16)17-3)5-9(14)12-13/h7-8H,4-6H2,1-3H3,(H,12,14). The largest absolute Gasteiger partial charge is 0.469 e. The smallest absolute Gasteiger partial charge is 0.311 e. The zero-order valence-corrected chi connectivity index (χ0v) is 10.4. The fourth-order valence-electron chi connectivity index (χ4n) is 1.70. The van der Waals surface area contributed by atoms with Crippen molar-refractivity contribution in [3.63, 3.8) is 0 Å². The van der Waals surface area contributed by atoms with Gasteiger partial charge in [-0.15, -0.1) is 0 Å². The molecule has 6 nitrogen and oxygen atoms in total. The van der Waals surface area contributed by atoms with Crippen LogP contribution in [0.3, 0.4) is 0 Å².